The quantitative estimate of drug-likeness (QED) is 0.626. The topological polar surface area (TPSA) is 76.3 Å². The number of hydrogen-bond donors (Lipinski definition) is 1. The third-order valence-corrected chi connectivity index (χ3v) is 3.49. The molecule has 1 atom stereocenters. The number of nitrogens with zero attached hydrogens (tertiary/aromatic N) is 2. The summed E-state index contributed by atoms with van der Waals surface area (Å²) < 4.78 is 0. The number of non-ortho nitro benzene ring substituents is 1. The Morgan fingerprint density at radius 1 is 1.26 bits per heavy atom. The molecule has 5 nitrogen and oxygen atoms in total. The number of aliphatic hydroxyl groups is 1. The highest BCUT2D eigenvalue weighted by Crippen LogP contribution is 2.33. The number of fused-ring (bicyclic) bond motifs is 2. The molecule has 0 spiro atoms. The van der Waals surface area contributed by atoms with Crippen LogP contribution >= 0.6 is 0 Å². The van der Waals surface area contributed by atoms with Gasteiger partial charge in [-0.3, -0.25) is 15.1 Å². The molecule has 0 aliphatic heterocycles. The zero-order chi connectivity index (χ0) is 13.4. The van der Waals surface area contributed by atoms with Crippen LogP contribution in [0.4, 0.5) is 5.69 Å². The largest absolute Gasteiger partial charge is 0.384 e. The summed E-state index contributed by atoms with van der Waals surface area (Å²) in [4.78, 5) is 14.7. The normalized spacial score (nSPS) is 17.2. The standard InChI is InChI=1S/C14H12N2O3/c17-14-11-2-1-7-15-13(11)6-4-9-3-5-10(16(18)19)8-12(9)14/h1-3,5,7-8,14,17H,4,6H2. The molecule has 1 aliphatic carbocycles. The Morgan fingerprint density at radius 2 is 2.11 bits per heavy atom. The molecule has 1 N–H and O–H groups in total. The molecule has 2 aromatic rings. The zero-order valence-electron chi connectivity index (χ0n) is 10.1. The molecule has 3 rings (SSSR count). The van der Waals surface area contributed by atoms with Crippen molar-refractivity contribution in [3.63, 3.8) is 0 Å². The number of aryl methyl sites for hydroxylation is 2. The van der Waals surface area contributed by atoms with Gasteiger partial charge in [0.1, 0.15) is 6.10 Å². The zero-order valence-corrected chi connectivity index (χ0v) is 10.1. The lowest BCUT2D eigenvalue weighted by atomic mass is 9.98. The number of hydrogen-bond acceptors (Lipinski definition) is 4. The van der Waals surface area contributed by atoms with Gasteiger partial charge in [0, 0.05) is 29.6 Å². The molecule has 0 bridgehead atoms. The number of benzene rings is 1. The van der Waals surface area contributed by atoms with E-state index in [9.17, 15) is 15.2 Å². The van der Waals surface area contributed by atoms with Gasteiger partial charge in [-0.05, 0) is 30.0 Å². The molecular weight excluding hydrogens is 244 g/mol. The molecule has 1 aliphatic rings. The van der Waals surface area contributed by atoms with Crippen molar-refractivity contribution in [2.75, 3.05) is 0 Å². The molecule has 0 amide bonds. The predicted octanol–water partition coefficient (Wildman–Crippen LogP) is 2.17. The van der Waals surface area contributed by atoms with Crippen molar-refractivity contribution >= 4 is 5.69 Å². The maximum atomic E-state index is 10.8. The lowest BCUT2D eigenvalue weighted by Crippen LogP contribution is -2.04. The van der Waals surface area contributed by atoms with E-state index in [1.807, 2.05) is 6.07 Å². The van der Waals surface area contributed by atoms with Crippen molar-refractivity contribution in [1.29, 1.82) is 0 Å². The van der Waals surface area contributed by atoms with E-state index < -0.39 is 11.0 Å². The first-order chi connectivity index (χ1) is 9.16. The summed E-state index contributed by atoms with van der Waals surface area (Å²) in [5.74, 6) is 0. The van der Waals surface area contributed by atoms with E-state index in [0.717, 1.165) is 29.7 Å². The summed E-state index contributed by atoms with van der Waals surface area (Å²) in [6.07, 6.45) is 2.32. The Hall–Kier alpha value is -2.27. The Morgan fingerprint density at radius 3 is 2.89 bits per heavy atom. The van der Waals surface area contributed by atoms with Crippen LogP contribution in [0.15, 0.2) is 36.5 Å². The van der Waals surface area contributed by atoms with E-state index in [1.54, 1.807) is 18.3 Å². The van der Waals surface area contributed by atoms with Crippen LogP contribution in [0.1, 0.15) is 28.5 Å². The Bertz CT molecular complexity index is 655. The summed E-state index contributed by atoms with van der Waals surface area (Å²) in [7, 11) is 0. The van der Waals surface area contributed by atoms with Crippen molar-refractivity contribution in [3.05, 3.63) is 69.0 Å². The third kappa shape index (κ3) is 1.98. The van der Waals surface area contributed by atoms with Crippen LogP contribution < -0.4 is 0 Å². The van der Waals surface area contributed by atoms with Crippen molar-refractivity contribution in [2.24, 2.45) is 0 Å². The van der Waals surface area contributed by atoms with Crippen LogP contribution in [0.25, 0.3) is 0 Å². The summed E-state index contributed by atoms with van der Waals surface area (Å²) in [6.45, 7) is 0. The van der Waals surface area contributed by atoms with Gasteiger partial charge in [0.25, 0.3) is 5.69 Å². The average molecular weight is 256 g/mol. The molecule has 19 heavy (non-hydrogen) atoms. The van der Waals surface area contributed by atoms with E-state index in [1.165, 1.54) is 12.1 Å². The van der Waals surface area contributed by atoms with Gasteiger partial charge < -0.3 is 5.11 Å². The number of pyridine rings is 1. The van der Waals surface area contributed by atoms with Gasteiger partial charge in [0.2, 0.25) is 0 Å². The van der Waals surface area contributed by atoms with Crippen LogP contribution in [0, 0.1) is 10.1 Å². The first kappa shape index (κ1) is 11.8. The number of aromatic nitrogens is 1. The monoisotopic (exact) mass is 256 g/mol. The van der Waals surface area contributed by atoms with Crippen molar-refractivity contribution in [3.8, 4) is 0 Å². The molecule has 0 saturated heterocycles. The second-order valence-electron chi connectivity index (χ2n) is 4.58. The Labute approximate surface area is 109 Å². The van der Waals surface area contributed by atoms with Gasteiger partial charge in [0.05, 0.1) is 4.92 Å². The lowest BCUT2D eigenvalue weighted by Gasteiger charge is -2.13. The van der Waals surface area contributed by atoms with Crippen molar-refractivity contribution in [2.45, 2.75) is 18.9 Å². The Balaban J connectivity index is 2.15. The van der Waals surface area contributed by atoms with Gasteiger partial charge in [-0.1, -0.05) is 12.1 Å². The smallest absolute Gasteiger partial charge is 0.269 e. The van der Waals surface area contributed by atoms with Gasteiger partial charge in [-0.25, -0.2) is 0 Å². The van der Waals surface area contributed by atoms with E-state index in [4.69, 9.17) is 0 Å². The van der Waals surface area contributed by atoms with Gasteiger partial charge >= 0.3 is 0 Å². The molecule has 0 saturated carbocycles. The van der Waals surface area contributed by atoms with E-state index in [2.05, 4.69) is 4.98 Å². The van der Waals surface area contributed by atoms with E-state index in [-0.39, 0.29) is 5.69 Å². The van der Waals surface area contributed by atoms with Crippen LogP contribution in [-0.2, 0) is 12.8 Å². The molecule has 0 radical (unpaired) electrons. The van der Waals surface area contributed by atoms with Gasteiger partial charge in [0.15, 0.2) is 0 Å². The second-order valence-corrected chi connectivity index (χ2v) is 4.58. The second kappa shape index (κ2) is 4.44. The molecular formula is C14H12N2O3. The van der Waals surface area contributed by atoms with Gasteiger partial charge in [-0.15, -0.1) is 0 Å². The minimum Gasteiger partial charge on any atom is -0.384 e. The summed E-state index contributed by atoms with van der Waals surface area (Å²) in [5, 5.41) is 21.3. The maximum absolute atomic E-state index is 10.8. The number of aliphatic hydroxyl groups excluding tert-OH is 1. The molecule has 96 valence electrons. The molecule has 1 heterocycles. The van der Waals surface area contributed by atoms with Gasteiger partial charge in [-0.2, -0.15) is 0 Å². The highest BCUT2D eigenvalue weighted by Gasteiger charge is 2.24. The third-order valence-electron chi connectivity index (χ3n) is 3.49. The summed E-state index contributed by atoms with van der Waals surface area (Å²) in [5.41, 5.74) is 3.15. The van der Waals surface area contributed by atoms with Crippen LogP contribution in [0.3, 0.4) is 0 Å². The minimum atomic E-state index is -0.846. The van der Waals surface area contributed by atoms with E-state index >= 15 is 0 Å². The minimum absolute atomic E-state index is 0.00476. The molecule has 1 aromatic heterocycles. The first-order valence-corrected chi connectivity index (χ1v) is 6.06. The fourth-order valence-electron chi connectivity index (χ4n) is 2.51. The van der Waals surface area contributed by atoms with Crippen LogP contribution in [-0.4, -0.2) is 15.0 Å². The maximum Gasteiger partial charge on any atom is 0.269 e. The number of nitro groups is 1. The van der Waals surface area contributed by atoms with E-state index in [0.29, 0.717) is 5.56 Å². The first-order valence-electron chi connectivity index (χ1n) is 6.06. The summed E-state index contributed by atoms with van der Waals surface area (Å²) >= 11 is 0. The van der Waals surface area contributed by atoms with Crippen molar-refractivity contribution < 1.29 is 10.0 Å². The van der Waals surface area contributed by atoms with Crippen LogP contribution in [0.2, 0.25) is 0 Å². The van der Waals surface area contributed by atoms with Crippen molar-refractivity contribution in [1.82, 2.24) is 4.98 Å². The Kier molecular flexibility index (Phi) is 2.76. The fraction of sp³-hybridized carbons (Fsp3) is 0.214. The lowest BCUT2D eigenvalue weighted by molar-refractivity contribution is -0.385. The van der Waals surface area contributed by atoms with Crippen LogP contribution in [0.5, 0.6) is 0 Å². The molecule has 0 fully saturated rings. The average Bonchev–Trinajstić information content (AvgIpc) is 2.57. The number of nitro benzene ring substituents is 1. The SMILES string of the molecule is O=[N+]([O-])c1ccc2c(c1)C(O)c1cccnc1CC2. The molecule has 1 aromatic carbocycles. The molecule has 1 unspecified atom stereocenters. The fourth-order valence-corrected chi connectivity index (χ4v) is 2.51. The highest BCUT2D eigenvalue weighted by molar-refractivity contribution is 5.46. The molecule has 5 heteroatoms. The number of rotatable bonds is 1. The predicted molar refractivity (Wildman–Crippen MR) is 68.8 cm³/mol. The summed E-state index contributed by atoms with van der Waals surface area (Å²) in [6, 6.07) is 8.25. The highest BCUT2D eigenvalue weighted by atomic mass is 16.6.